The molecule has 4 heteroatoms. The molecule has 2 aromatic rings. The molecule has 4 nitrogen and oxygen atoms in total. The van der Waals surface area contributed by atoms with E-state index in [1.807, 2.05) is 48.5 Å². The van der Waals surface area contributed by atoms with Gasteiger partial charge >= 0.3 is 0 Å². The molecule has 1 heterocycles. The van der Waals surface area contributed by atoms with Crippen LogP contribution in [0.4, 0.5) is 0 Å². The van der Waals surface area contributed by atoms with E-state index < -0.39 is 6.10 Å². The van der Waals surface area contributed by atoms with Crippen molar-refractivity contribution in [3.05, 3.63) is 59.7 Å². The third-order valence-corrected chi connectivity index (χ3v) is 3.49. The maximum absolute atomic E-state index is 10.1. The van der Waals surface area contributed by atoms with Crippen LogP contribution in [-0.4, -0.2) is 24.9 Å². The predicted molar refractivity (Wildman–Crippen MR) is 80.5 cm³/mol. The van der Waals surface area contributed by atoms with E-state index in [0.29, 0.717) is 26.3 Å². The quantitative estimate of drug-likeness (QED) is 0.885. The van der Waals surface area contributed by atoms with E-state index in [1.54, 1.807) is 0 Å². The number of rotatable bonds is 5. The molecule has 0 aromatic heterocycles. The van der Waals surface area contributed by atoms with Crippen molar-refractivity contribution in [1.82, 2.24) is 5.32 Å². The van der Waals surface area contributed by atoms with Gasteiger partial charge in [-0.25, -0.2) is 0 Å². The van der Waals surface area contributed by atoms with Crippen LogP contribution in [0.25, 0.3) is 0 Å². The molecule has 0 aliphatic carbocycles. The Balaban J connectivity index is 1.59. The molecule has 0 unspecified atom stereocenters. The van der Waals surface area contributed by atoms with Crippen molar-refractivity contribution < 1.29 is 14.6 Å². The van der Waals surface area contributed by atoms with E-state index >= 15 is 0 Å². The zero-order chi connectivity index (χ0) is 14.5. The van der Waals surface area contributed by atoms with E-state index in [2.05, 4.69) is 5.32 Å². The summed E-state index contributed by atoms with van der Waals surface area (Å²) in [6.07, 6.45) is -0.511. The molecule has 21 heavy (non-hydrogen) atoms. The molecule has 1 aliphatic heterocycles. The molecule has 0 radical (unpaired) electrons. The Morgan fingerprint density at radius 3 is 2.67 bits per heavy atom. The molecule has 110 valence electrons. The highest BCUT2D eigenvalue weighted by Crippen LogP contribution is 2.33. The first-order valence-corrected chi connectivity index (χ1v) is 7.16. The summed E-state index contributed by atoms with van der Waals surface area (Å²) < 4.78 is 11.2. The van der Waals surface area contributed by atoms with Crippen molar-refractivity contribution >= 4 is 0 Å². The number of fused-ring (bicyclic) bond motifs is 1. The van der Waals surface area contributed by atoms with E-state index in [1.165, 1.54) is 0 Å². The van der Waals surface area contributed by atoms with E-state index in [4.69, 9.17) is 9.47 Å². The van der Waals surface area contributed by atoms with Crippen molar-refractivity contribution in [3.8, 4) is 11.5 Å². The highest BCUT2D eigenvalue weighted by Gasteiger charge is 2.15. The molecule has 3 rings (SSSR count). The van der Waals surface area contributed by atoms with Gasteiger partial charge in [-0.3, -0.25) is 0 Å². The molecule has 0 amide bonds. The van der Waals surface area contributed by atoms with Crippen LogP contribution in [-0.2, 0) is 6.54 Å². The van der Waals surface area contributed by atoms with E-state index in [-0.39, 0.29) is 0 Å². The number of aliphatic hydroxyl groups is 1. The molecule has 0 fully saturated rings. The van der Waals surface area contributed by atoms with Crippen molar-refractivity contribution in [1.29, 1.82) is 0 Å². The monoisotopic (exact) mass is 285 g/mol. The highest BCUT2D eigenvalue weighted by molar-refractivity contribution is 5.47. The first kappa shape index (κ1) is 13.9. The second-order valence-electron chi connectivity index (χ2n) is 5.00. The van der Waals surface area contributed by atoms with Gasteiger partial charge in [0, 0.05) is 18.7 Å². The van der Waals surface area contributed by atoms with E-state index in [9.17, 15) is 5.11 Å². The third kappa shape index (κ3) is 3.35. The average molecular weight is 285 g/mol. The zero-order valence-electron chi connectivity index (χ0n) is 11.8. The normalized spacial score (nSPS) is 14.7. The van der Waals surface area contributed by atoms with Gasteiger partial charge in [-0.05, 0) is 11.6 Å². The number of hydrogen-bond donors (Lipinski definition) is 2. The summed E-state index contributed by atoms with van der Waals surface area (Å²) in [6.45, 7) is 2.30. The minimum absolute atomic E-state index is 0.495. The maximum atomic E-state index is 10.1. The third-order valence-electron chi connectivity index (χ3n) is 3.49. The summed E-state index contributed by atoms with van der Waals surface area (Å²) in [7, 11) is 0. The number of ether oxygens (including phenoxy) is 2. The van der Waals surface area contributed by atoms with Crippen LogP contribution in [0, 0.1) is 0 Å². The van der Waals surface area contributed by atoms with Gasteiger partial charge in [-0.15, -0.1) is 0 Å². The van der Waals surface area contributed by atoms with Gasteiger partial charge in [0.25, 0.3) is 0 Å². The lowest BCUT2D eigenvalue weighted by atomic mass is 10.1. The van der Waals surface area contributed by atoms with Gasteiger partial charge in [0.15, 0.2) is 11.5 Å². The lowest BCUT2D eigenvalue weighted by Crippen LogP contribution is -2.23. The Morgan fingerprint density at radius 1 is 1.00 bits per heavy atom. The molecule has 0 saturated carbocycles. The van der Waals surface area contributed by atoms with E-state index in [0.717, 1.165) is 22.6 Å². The minimum atomic E-state index is -0.511. The lowest BCUT2D eigenvalue weighted by Gasteiger charge is -2.21. The molecule has 1 aliphatic rings. The van der Waals surface area contributed by atoms with Crippen molar-refractivity contribution in [2.24, 2.45) is 0 Å². The zero-order valence-corrected chi connectivity index (χ0v) is 11.8. The maximum Gasteiger partial charge on any atom is 0.165 e. The fourth-order valence-corrected chi connectivity index (χ4v) is 2.41. The summed E-state index contributed by atoms with van der Waals surface area (Å²) in [5, 5.41) is 13.4. The molecular formula is C17H19NO3. The van der Waals surface area contributed by atoms with Crippen LogP contribution in [0.1, 0.15) is 17.2 Å². The number of nitrogens with one attached hydrogen (secondary N) is 1. The van der Waals surface area contributed by atoms with Crippen LogP contribution in [0.15, 0.2) is 48.5 Å². The fourth-order valence-electron chi connectivity index (χ4n) is 2.41. The molecule has 2 N–H and O–H groups in total. The first-order chi connectivity index (χ1) is 10.3. The molecular weight excluding hydrogens is 266 g/mol. The first-order valence-electron chi connectivity index (χ1n) is 7.16. The van der Waals surface area contributed by atoms with Crippen molar-refractivity contribution in [3.63, 3.8) is 0 Å². The minimum Gasteiger partial charge on any atom is -0.486 e. The standard InChI is InChI=1S/C17H19NO3/c19-15(13-5-2-1-3-6-13)12-18-11-14-7-4-8-16-17(14)21-10-9-20-16/h1-8,15,18-19H,9-12H2/t15-/m1/s1. The summed E-state index contributed by atoms with van der Waals surface area (Å²) in [5.74, 6) is 1.61. The summed E-state index contributed by atoms with van der Waals surface area (Å²) in [5.41, 5.74) is 1.96. The van der Waals surface area contributed by atoms with Gasteiger partial charge < -0.3 is 19.9 Å². The smallest absolute Gasteiger partial charge is 0.165 e. The number of hydrogen-bond acceptors (Lipinski definition) is 4. The van der Waals surface area contributed by atoms with Crippen LogP contribution in [0.3, 0.4) is 0 Å². The average Bonchev–Trinajstić information content (AvgIpc) is 2.56. The Kier molecular flexibility index (Phi) is 4.38. The Labute approximate surface area is 124 Å². The lowest BCUT2D eigenvalue weighted by molar-refractivity contribution is 0.166. The van der Waals surface area contributed by atoms with Gasteiger partial charge in [0.2, 0.25) is 0 Å². The molecule has 1 atom stereocenters. The highest BCUT2D eigenvalue weighted by atomic mass is 16.6. The topological polar surface area (TPSA) is 50.7 Å². The van der Waals surface area contributed by atoms with Gasteiger partial charge in [0.05, 0.1) is 6.10 Å². The van der Waals surface area contributed by atoms with Gasteiger partial charge in [-0.1, -0.05) is 42.5 Å². The Bertz CT molecular complexity index is 586. The van der Waals surface area contributed by atoms with Crippen LogP contribution in [0.2, 0.25) is 0 Å². The SMILES string of the molecule is O[C@H](CNCc1cccc2c1OCCO2)c1ccccc1. The van der Waals surface area contributed by atoms with Gasteiger partial charge in [0.1, 0.15) is 13.2 Å². The van der Waals surface area contributed by atoms with Crippen molar-refractivity contribution in [2.45, 2.75) is 12.6 Å². The molecule has 2 aromatic carbocycles. The largest absolute Gasteiger partial charge is 0.486 e. The second-order valence-corrected chi connectivity index (χ2v) is 5.00. The second kappa shape index (κ2) is 6.61. The molecule has 0 saturated heterocycles. The van der Waals surface area contributed by atoms with Crippen LogP contribution >= 0.6 is 0 Å². The Hall–Kier alpha value is -2.04. The van der Waals surface area contributed by atoms with Crippen LogP contribution in [0.5, 0.6) is 11.5 Å². The predicted octanol–water partition coefficient (Wildman–Crippen LogP) is 2.28. The Morgan fingerprint density at radius 2 is 1.81 bits per heavy atom. The number of para-hydroxylation sites is 1. The van der Waals surface area contributed by atoms with Gasteiger partial charge in [-0.2, -0.15) is 0 Å². The summed E-state index contributed by atoms with van der Waals surface area (Å²) >= 11 is 0. The van der Waals surface area contributed by atoms with Crippen LogP contribution < -0.4 is 14.8 Å². The van der Waals surface area contributed by atoms with Crippen molar-refractivity contribution in [2.75, 3.05) is 19.8 Å². The summed E-state index contributed by atoms with van der Waals surface area (Å²) in [6, 6.07) is 15.5. The number of benzene rings is 2. The molecule has 0 spiro atoms. The molecule has 0 bridgehead atoms. The fraction of sp³-hybridized carbons (Fsp3) is 0.294. The number of aliphatic hydroxyl groups excluding tert-OH is 1. The summed E-state index contributed by atoms with van der Waals surface area (Å²) in [4.78, 5) is 0.